The summed E-state index contributed by atoms with van der Waals surface area (Å²) in [4.78, 5) is 20.7. The van der Waals surface area contributed by atoms with E-state index in [1.54, 1.807) is 0 Å². The lowest BCUT2D eigenvalue weighted by molar-refractivity contribution is -0.137. The molecule has 4 heterocycles. The normalized spacial score (nSPS) is 20.7. The molecule has 0 N–H and O–H groups in total. The first kappa shape index (κ1) is 21.1. The molecule has 7 nitrogen and oxygen atoms in total. The SMILES string of the molecule is O=c1c(Cl)c(N2CCN(C[C@H]3CCCO3)CC2)cnn1-c1ccc(C(F)(F)F)cn1. The molecule has 0 aliphatic carbocycles. The van der Waals surface area contributed by atoms with Crippen LogP contribution in [0.25, 0.3) is 5.82 Å². The zero-order valence-electron chi connectivity index (χ0n) is 16.1. The number of aromatic nitrogens is 3. The van der Waals surface area contributed by atoms with Crippen LogP contribution in [0.3, 0.4) is 0 Å². The lowest BCUT2D eigenvalue weighted by Crippen LogP contribution is -2.49. The molecule has 2 aromatic heterocycles. The average Bonchev–Trinajstić information content (AvgIpc) is 3.23. The third-order valence-electron chi connectivity index (χ3n) is 5.39. The summed E-state index contributed by atoms with van der Waals surface area (Å²) in [7, 11) is 0. The number of ether oxygens (including phenoxy) is 1. The van der Waals surface area contributed by atoms with Crippen LogP contribution in [-0.4, -0.2) is 65.1 Å². The van der Waals surface area contributed by atoms with E-state index in [2.05, 4.69) is 15.0 Å². The summed E-state index contributed by atoms with van der Waals surface area (Å²) < 4.78 is 44.7. The Morgan fingerprint density at radius 1 is 1.17 bits per heavy atom. The standard InChI is InChI=1S/C19H21ClF3N5O2/c20-17-15(27-7-5-26(6-8-27)12-14-2-1-9-30-14)11-25-28(18(17)29)16-4-3-13(10-24-16)19(21,22)23/h3-4,10-11,14H,1-2,5-9,12H2/t14-/m1/s1. The van der Waals surface area contributed by atoms with Crippen molar-refractivity contribution in [2.75, 3.05) is 44.2 Å². The highest BCUT2D eigenvalue weighted by Crippen LogP contribution is 2.29. The largest absolute Gasteiger partial charge is 0.417 e. The Morgan fingerprint density at radius 3 is 2.53 bits per heavy atom. The second kappa shape index (κ2) is 8.52. The highest BCUT2D eigenvalue weighted by Gasteiger charge is 2.31. The van der Waals surface area contributed by atoms with Crippen molar-refractivity contribution in [2.45, 2.75) is 25.1 Å². The van der Waals surface area contributed by atoms with E-state index in [1.165, 1.54) is 6.20 Å². The van der Waals surface area contributed by atoms with E-state index < -0.39 is 17.3 Å². The molecule has 11 heteroatoms. The van der Waals surface area contributed by atoms with Gasteiger partial charge in [0.1, 0.15) is 5.02 Å². The quantitative estimate of drug-likeness (QED) is 0.724. The Kier molecular flexibility index (Phi) is 5.99. The molecule has 0 saturated carbocycles. The molecule has 0 amide bonds. The molecule has 0 unspecified atom stereocenters. The summed E-state index contributed by atoms with van der Waals surface area (Å²) in [5.74, 6) is -0.0252. The van der Waals surface area contributed by atoms with Crippen molar-refractivity contribution >= 4 is 17.3 Å². The second-order valence-electron chi connectivity index (χ2n) is 7.39. The first-order valence-corrected chi connectivity index (χ1v) is 10.1. The summed E-state index contributed by atoms with van der Waals surface area (Å²) in [5.41, 5.74) is -1.01. The summed E-state index contributed by atoms with van der Waals surface area (Å²) >= 11 is 6.30. The van der Waals surface area contributed by atoms with Crippen LogP contribution in [0, 0.1) is 0 Å². The fraction of sp³-hybridized carbons (Fsp3) is 0.526. The van der Waals surface area contributed by atoms with Crippen LogP contribution in [0.2, 0.25) is 5.02 Å². The van der Waals surface area contributed by atoms with Gasteiger partial charge in [-0.1, -0.05) is 11.6 Å². The number of nitrogens with zero attached hydrogens (tertiary/aromatic N) is 5. The molecule has 1 atom stereocenters. The van der Waals surface area contributed by atoms with E-state index >= 15 is 0 Å². The van der Waals surface area contributed by atoms with Crippen LogP contribution in [0.15, 0.2) is 29.3 Å². The molecule has 4 rings (SSSR count). The van der Waals surface area contributed by atoms with Crippen LogP contribution in [0.4, 0.5) is 18.9 Å². The van der Waals surface area contributed by atoms with Gasteiger partial charge in [-0.05, 0) is 25.0 Å². The van der Waals surface area contributed by atoms with Crippen LogP contribution in [0.1, 0.15) is 18.4 Å². The third-order valence-corrected chi connectivity index (χ3v) is 5.75. The molecule has 2 aliphatic rings. The lowest BCUT2D eigenvalue weighted by atomic mass is 10.2. The van der Waals surface area contributed by atoms with E-state index in [9.17, 15) is 18.0 Å². The van der Waals surface area contributed by atoms with Crippen LogP contribution in [0.5, 0.6) is 0 Å². The van der Waals surface area contributed by atoms with Gasteiger partial charge in [-0.15, -0.1) is 0 Å². The van der Waals surface area contributed by atoms with Crippen LogP contribution in [-0.2, 0) is 10.9 Å². The molecule has 2 saturated heterocycles. The minimum absolute atomic E-state index is 0.0252. The Balaban J connectivity index is 1.46. The number of anilines is 1. The van der Waals surface area contributed by atoms with Crippen molar-refractivity contribution in [3.05, 3.63) is 45.5 Å². The maximum atomic E-state index is 12.7. The predicted octanol–water partition coefficient (Wildman–Crippen LogP) is 2.60. The smallest absolute Gasteiger partial charge is 0.377 e. The van der Waals surface area contributed by atoms with Gasteiger partial charge in [-0.25, -0.2) is 4.98 Å². The van der Waals surface area contributed by atoms with Gasteiger partial charge in [0.25, 0.3) is 5.56 Å². The maximum Gasteiger partial charge on any atom is 0.417 e. The van der Waals surface area contributed by atoms with Crippen LogP contribution >= 0.6 is 11.6 Å². The maximum absolute atomic E-state index is 12.7. The van der Waals surface area contributed by atoms with Crippen molar-refractivity contribution < 1.29 is 17.9 Å². The fourth-order valence-corrected chi connectivity index (χ4v) is 3.98. The monoisotopic (exact) mass is 443 g/mol. The Morgan fingerprint density at radius 2 is 1.93 bits per heavy atom. The minimum Gasteiger partial charge on any atom is -0.377 e. The van der Waals surface area contributed by atoms with E-state index in [4.69, 9.17) is 16.3 Å². The van der Waals surface area contributed by atoms with Gasteiger partial charge in [-0.2, -0.15) is 23.0 Å². The van der Waals surface area contributed by atoms with Crippen molar-refractivity contribution in [1.82, 2.24) is 19.7 Å². The fourth-order valence-electron chi connectivity index (χ4n) is 3.73. The molecule has 162 valence electrons. The average molecular weight is 444 g/mol. The van der Waals surface area contributed by atoms with Crippen molar-refractivity contribution in [3.8, 4) is 5.82 Å². The van der Waals surface area contributed by atoms with E-state index in [-0.39, 0.29) is 10.8 Å². The second-order valence-corrected chi connectivity index (χ2v) is 7.76. The molecule has 2 fully saturated rings. The molecule has 2 aliphatic heterocycles. The highest BCUT2D eigenvalue weighted by atomic mass is 35.5. The number of piperazine rings is 1. The van der Waals surface area contributed by atoms with Gasteiger partial charge in [0.05, 0.1) is 23.6 Å². The lowest BCUT2D eigenvalue weighted by Gasteiger charge is -2.37. The molecule has 0 aromatic carbocycles. The number of hydrogen-bond acceptors (Lipinski definition) is 6. The van der Waals surface area contributed by atoms with Crippen LogP contribution < -0.4 is 10.5 Å². The van der Waals surface area contributed by atoms with Gasteiger partial charge < -0.3 is 9.64 Å². The Hall–Kier alpha value is -2.17. The molecular formula is C19H21ClF3N5O2. The predicted molar refractivity (Wildman–Crippen MR) is 105 cm³/mol. The van der Waals surface area contributed by atoms with E-state index in [0.717, 1.165) is 55.9 Å². The molecule has 0 bridgehead atoms. The topological polar surface area (TPSA) is 63.5 Å². The van der Waals surface area contributed by atoms with Crippen molar-refractivity contribution in [1.29, 1.82) is 0 Å². The number of rotatable bonds is 4. The van der Waals surface area contributed by atoms with Gasteiger partial charge in [0.15, 0.2) is 5.82 Å². The zero-order chi connectivity index (χ0) is 21.3. The highest BCUT2D eigenvalue weighted by molar-refractivity contribution is 6.33. The van der Waals surface area contributed by atoms with Gasteiger partial charge >= 0.3 is 6.18 Å². The first-order chi connectivity index (χ1) is 14.3. The number of pyridine rings is 1. The van der Waals surface area contributed by atoms with Gasteiger partial charge in [0, 0.05) is 45.5 Å². The summed E-state index contributed by atoms with van der Waals surface area (Å²) in [5, 5.41) is 4.05. The van der Waals surface area contributed by atoms with Gasteiger partial charge in [0.2, 0.25) is 0 Å². The minimum atomic E-state index is -4.50. The molecule has 0 radical (unpaired) electrons. The Labute approximate surface area is 176 Å². The van der Waals surface area contributed by atoms with E-state index in [0.29, 0.717) is 31.1 Å². The summed E-state index contributed by atoms with van der Waals surface area (Å²) in [6, 6.07) is 1.95. The number of hydrogen-bond donors (Lipinski definition) is 0. The molecule has 0 spiro atoms. The molecule has 30 heavy (non-hydrogen) atoms. The molecular weight excluding hydrogens is 423 g/mol. The van der Waals surface area contributed by atoms with Gasteiger partial charge in [-0.3, -0.25) is 9.69 Å². The van der Waals surface area contributed by atoms with Crippen molar-refractivity contribution in [3.63, 3.8) is 0 Å². The number of alkyl halides is 3. The summed E-state index contributed by atoms with van der Waals surface area (Å²) in [6.45, 7) is 4.75. The van der Waals surface area contributed by atoms with Crippen molar-refractivity contribution in [2.24, 2.45) is 0 Å². The first-order valence-electron chi connectivity index (χ1n) is 9.73. The number of halogens is 4. The summed E-state index contributed by atoms with van der Waals surface area (Å²) in [6.07, 6.45) is 0.110. The zero-order valence-corrected chi connectivity index (χ0v) is 16.9. The Bertz CT molecular complexity index is 937. The third kappa shape index (κ3) is 4.45. The molecule has 2 aromatic rings. The van der Waals surface area contributed by atoms with E-state index in [1.807, 2.05) is 4.90 Å².